The monoisotopic (exact) mass is 254 g/mol. The first kappa shape index (κ1) is 13.4. The molecule has 96 valence electrons. The van der Waals surface area contributed by atoms with Gasteiger partial charge in [0.25, 0.3) is 5.69 Å². The van der Waals surface area contributed by atoms with Crippen LogP contribution in [-0.4, -0.2) is 32.9 Å². The molecule has 4 N–H and O–H groups in total. The highest BCUT2D eigenvalue weighted by Crippen LogP contribution is 2.13. The number of carboxylic acid groups (broad SMARTS) is 1. The van der Waals surface area contributed by atoms with Crippen LogP contribution in [0.5, 0.6) is 0 Å². The van der Waals surface area contributed by atoms with Gasteiger partial charge in [0.1, 0.15) is 18.1 Å². The van der Waals surface area contributed by atoms with E-state index in [2.05, 4.69) is 10.3 Å². The molecule has 1 unspecified atom stereocenters. The number of rotatable bonds is 6. The predicted molar refractivity (Wildman–Crippen MR) is 59.7 cm³/mol. The molecule has 9 nitrogen and oxygen atoms in total. The molecule has 1 rings (SSSR count). The van der Waals surface area contributed by atoms with Crippen molar-refractivity contribution in [3.63, 3.8) is 0 Å². The van der Waals surface area contributed by atoms with E-state index in [0.717, 1.165) is 6.20 Å². The molecule has 0 saturated heterocycles. The summed E-state index contributed by atoms with van der Waals surface area (Å²) >= 11 is 0. The summed E-state index contributed by atoms with van der Waals surface area (Å²) in [4.78, 5) is 34.9. The number of carbonyl (C=O) groups is 2. The van der Waals surface area contributed by atoms with Crippen molar-refractivity contribution in [2.45, 2.75) is 12.5 Å². The van der Waals surface area contributed by atoms with E-state index >= 15 is 0 Å². The second-order valence-electron chi connectivity index (χ2n) is 3.36. The number of hydrogen-bond acceptors (Lipinski definition) is 6. The van der Waals surface area contributed by atoms with Crippen LogP contribution in [0, 0.1) is 10.1 Å². The minimum absolute atomic E-state index is 0.106. The average molecular weight is 254 g/mol. The first-order valence-corrected chi connectivity index (χ1v) is 4.78. The van der Waals surface area contributed by atoms with E-state index < -0.39 is 29.3 Å². The van der Waals surface area contributed by atoms with Gasteiger partial charge in [0.05, 0.1) is 11.3 Å². The van der Waals surface area contributed by atoms with Crippen LogP contribution in [0.25, 0.3) is 0 Å². The van der Waals surface area contributed by atoms with Crippen LogP contribution < -0.4 is 11.1 Å². The fourth-order valence-electron chi connectivity index (χ4n) is 1.16. The lowest BCUT2D eigenvalue weighted by Crippen LogP contribution is -2.34. The highest BCUT2D eigenvalue weighted by molar-refractivity contribution is 5.85. The van der Waals surface area contributed by atoms with Gasteiger partial charge < -0.3 is 16.2 Å². The van der Waals surface area contributed by atoms with Gasteiger partial charge in [-0.2, -0.15) is 0 Å². The van der Waals surface area contributed by atoms with Crippen LogP contribution in [0.15, 0.2) is 18.3 Å². The van der Waals surface area contributed by atoms with E-state index in [1.54, 1.807) is 0 Å². The summed E-state index contributed by atoms with van der Waals surface area (Å²) in [5.74, 6) is -1.94. The molecule has 0 spiro atoms. The second kappa shape index (κ2) is 5.57. The zero-order valence-corrected chi connectivity index (χ0v) is 9.07. The molecule has 0 radical (unpaired) electrons. The summed E-state index contributed by atoms with van der Waals surface area (Å²) in [5.41, 5.74) is 4.68. The Balaban J connectivity index is 2.78. The summed E-state index contributed by atoms with van der Waals surface area (Å²) < 4.78 is 0. The Morgan fingerprint density at radius 2 is 2.22 bits per heavy atom. The van der Waals surface area contributed by atoms with Crippen LogP contribution in [0.3, 0.4) is 0 Å². The molecule has 1 aromatic heterocycles. The van der Waals surface area contributed by atoms with Crippen LogP contribution in [0.1, 0.15) is 6.42 Å². The third-order valence-electron chi connectivity index (χ3n) is 1.98. The lowest BCUT2D eigenvalue weighted by molar-refractivity contribution is -0.385. The van der Waals surface area contributed by atoms with Gasteiger partial charge in [-0.05, 0) is 6.07 Å². The first-order valence-electron chi connectivity index (χ1n) is 4.78. The first-order chi connectivity index (χ1) is 8.40. The molecule has 9 heteroatoms. The molecule has 1 atom stereocenters. The second-order valence-corrected chi connectivity index (χ2v) is 3.36. The van der Waals surface area contributed by atoms with Gasteiger partial charge in [-0.3, -0.25) is 14.9 Å². The van der Waals surface area contributed by atoms with Crippen LogP contribution >= 0.6 is 0 Å². The van der Waals surface area contributed by atoms with Crippen molar-refractivity contribution in [3.8, 4) is 0 Å². The maximum atomic E-state index is 10.8. The summed E-state index contributed by atoms with van der Waals surface area (Å²) in [5, 5.41) is 21.6. The van der Waals surface area contributed by atoms with E-state index in [4.69, 9.17) is 10.8 Å². The van der Waals surface area contributed by atoms with E-state index in [9.17, 15) is 19.7 Å². The molecule has 0 aliphatic rings. The predicted octanol–water partition coefficient (Wildman–Crippen LogP) is -0.270. The van der Waals surface area contributed by atoms with Crippen molar-refractivity contribution in [2.75, 3.05) is 5.32 Å². The molecule has 0 fully saturated rings. The molecular formula is C9H10N4O5. The van der Waals surface area contributed by atoms with E-state index in [1.165, 1.54) is 12.1 Å². The lowest BCUT2D eigenvalue weighted by atomic mass is 10.2. The number of nitro groups is 1. The van der Waals surface area contributed by atoms with Crippen LogP contribution in [-0.2, 0) is 9.59 Å². The Labute approximate surface area is 101 Å². The number of anilines is 1. The zero-order valence-electron chi connectivity index (χ0n) is 9.07. The molecule has 0 aliphatic carbocycles. The number of nitrogens with one attached hydrogen (secondary N) is 1. The highest BCUT2D eigenvalue weighted by Gasteiger charge is 2.20. The molecule has 0 bridgehead atoms. The van der Waals surface area contributed by atoms with Gasteiger partial charge in [-0.1, -0.05) is 0 Å². The van der Waals surface area contributed by atoms with Crippen molar-refractivity contribution in [1.82, 2.24) is 4.98 Å². The van der Waals surface area contributed by atoms with Gasteiger partial charge in [0.15, 0.2) is 0 Å². The van der Waals surface area contributed by atoms with E-state index in [0.29, 0.717) is 0 Å². The summed E-state index contributed by atoms with van der Waals surface area (Å²) in [6, 6.07) is 1.18. The third-order valence-corrected chi connectivity index (χ3v) is 1.98. The number of hydrogen-bond donors (Lipinski definition) is 3. The Kier molecular flexibility index (Phi) is 4.13. The number of nitrogens with two attached hydrogens (primary N) is 1. The fourth-order valence-corrected chi connectivity index (χ4v) is 1.16. The average Bonchev–Trinajstić information content (AvgIpc) is 2.28. The SMILES string of the molecule is NC(=O)CC(Nc1ccc([N+](=O)[O-])cn1)C(=O)O. The summed E-state index contributed by atoms with van der Waals surface area (Å²) in [6.45, 7) is 0. The normalized spacial score (nSPS) is 11.6. The van der Waals surface area contributed by atoms with Crippen molar-refractivity contribution in [3.05, 3.63) is 28.4 Å². The number of primary amides is 1. The van der Waals surface area contributed by atoms with Crippen molar-refractivity contribution >= 4 is 23.4 Å². The maximum absolute atomic E-state index is 10.8. The number of aromatic nitrogens is 1. The Bertz CT molecular complexity index is 472. The molecule has 1 aromatic rings. The minimum atomic E-state index is -1.27. The van der Waals surface area contributed by atoms with Gasteiger partial charge in [-0.25, -0.2) is 9.78 Å². The molecule has 0 aliphatic heterocycles. The zero-order chi connectivity index (χ0) is 13.7. The molecule has 1 heterocycles. The number of amides is 1. The Hall–Kier alpha value is -2.71. The topological polar surface area (TPSA) is 148 Å². The van der Waals surface area contributed by atoms with Crippen molar-refractivity contribution in [1.29, 1.82) is 0 Å². The number of pyridine rings is 1. The number of carbonyl (C=O) groups excluding carboxylic acids is 1. The van der Waals surface area contributed by atoms with Gasteiger partial charge >= 0.3 is 5.97 Å². The number of aliphatic carboxylic acids is 1. The molecule has 1 amide bonds. The number of carboxylic acids is 1. The minimum Gasteiger partial charge on any atom is -0.480 e. The Morgan fingerprint density at radius 3 is 2.61 bits per heavy atom. The van der Waals surface area contributed by atoms with Crippen LogP contribution in [0.2, 0.25) is 0 Å². The smallest absolute Gasteiger partial charge is 0.326 e. The van der Waals surface area contributed by atoms with Crippen molar-refractivity contribution in [2.24, 2.45) is 5.73 Å². The van der Waals surface area contributed by atoms with Gasteiger partial charge in [0, 0.05) is 6.07 Å². The van der Waals surface area contributed by atoms with Crippen LogP contribution in [0.4, 0.5) is 11.5 Å². The van der Waals surface area contributed by atoms with Gasteiger partial charge in [-0.15, -0.1) is 0 Å². The van der Waals surface area contributed by atoms with Gasteiger partial charge in [0.2, 0.25) is 5.91 Å². The third kappa shape index (κ3) is 3.70. The fraction of sp³-hybridized carbons (Fsp3) is 0.222. The quantitative estimate of drug-likeness (QED) is 0.467. The largest absolute Gasteiger partial charge is 0.480 e. The Morgan fingerprint density at radius 1 is 1.56 bits per heavy atom. The lowest BCUT2D eigenvalue weighted by Gasteiger charge is -2.12. The number of nitrogens with zero attached hydrogens (tertiary/aromatic N) is 2. The van der Waals surface area contributed by atoms with E-state index in [1.807, 2.05) is 0 Å². The van der Waals surface area contributed by atoms with E-state index in [-0.39, 0.29) is 11.5 Å². The summed E-state index contributed by atoms with van der Waals surface area (Å²) in [6.07, 6.45) is 0.569. The molecule has 0 aromatic carbocycles. The molecule has 18 heavy (non-hydrogen) atoms. The maximum Gasteiger partial charge on any atom is 0.326 e. The molecular weight excluding hydrogens is 244 g/mol. The summed E-state index contributed by atoms with van der Waals surface area (Å²) in [7, 11) is 0. The standard InChI is InChI=1S/C9H10N4O5/c10-7(14)3-6(9(15)16)12-8-2-1-5(4-11-8)13(17)18/h1-2,4,6H,3H2,(H2,10,14)(H,11,12)(H,15,16). The highest BCUT2D eigenvalue weighted by atomic mass is 16.6. The van der Waals surface area contributed by atoms with Crippen molar-refractivity contribution < 1.29 is 19.6 Å². The molecule has 0 saturated carbocycles.